The second-order valence-corrected chi connectivity index (χ2v) is 7.18. The van der Waals surface area contributed by atoms with Gasteiger partial charge in [-0.1, -0.05) is 35.0 Å². The number of hydrogen-bond acceptors (Lipinski definition) is 7. The lowest BCUT2D eigenvalue weighted by Crippen LogP contribution is -2.21. The van der Waals surface area contributed by atoms with Crippen molar-refractivity contribution in [2.75, 3.05) is 17.7 Å². The number of carbonyl (C=O) groups is 2. The van der Waals surface area contributed by atoms with Crippen molar-refractivity contribution in [1.82, 2.24) is 10.2 Å². The first-order chi connectivity index (χ1) is 13.5. The van der Waals surface area contributed by atoms with E-state index in [1.54, 1.807) is 48.5 Å². The third-order valence-electron chi connectivity index (χ3n) is 3.30. The van der Waals surface area contributed by atoms with Crippen LogP contribution in [-0.4, -0.2) is 34.4 Å². The summed E-state index contributed by atoms with van der Waals surface area (Å²) in [4.78, 5) is 23.6. The summed E-state index contributed by atoms with van der Waals surface area (Å²) in [6.07, 6.45) is 0. The molecule has 0 bridgehead atoms. The average Bonchev–Trinajstić information content (AvgIpc) is 3.16. The van der Waals surface area contributed by atoms with Gasteiger partial charge in [0.1, 0.15) is 5.75 Å². The predicted octanol–water partition coefficient (Wildman–Crippen LogP) is 4.32. The van der Waals surface area contributed by atoms with Crippen LogP contribution in [0.5, 0.6) is 0 Å². The third-order valence-corrected chi connectivity index (χ3v) is 4.60. The van der Waals surface area contributed by atoms with Crippen molar-refractivity contribution < 1.29 is 18.7 Å². The van der Waals surface area contributed by atoms with Gasteiger partial charge in [0.05, 0.1) is 0 Å². The summed E-state index contributed by atoms with van der Waals surface area (Å²) in [5.41, 5.74) is 1.27. The van der Waals surface area contributed by atoms with E-state index in [9.17, 15) is 9.59 Å². The number of carbonyl (C=O) groups excluding carboxylic acids is 2. The van der Waals surface area contributed by atoms with Gasteiger partial charge in [-0.15, -0.1) is 10.2 Å². The van der Waals surface area contributed by atoms with Crippen LogP contribution >= 0.6 is 35.0 Å². The first kappa shape index (κ1) is 20.2. The van der Waals surface area contributed by atoms with E-state index in [2.05, 4.69) is 15.5 Å². The molecule has 0 saturated carbocycles. The van der Waals surface area contributed by atoms with Crippen molar-refractivity contribution >= 4 is 52.5 Å². The molecule has 3 rings (SSSR count). The molecule has 0 aliphatic carbocycles. The summed E-state index contributed by atoms with van der Waals surface area (Å²) in [7, 11) is 0. The monoisotopic (exact) mass is 437 g/mol. The Morgan fingerprint density at radius 3 is 2.32 bits per heavy atom. The number of hydrogen-bond donors (Lipinski definition) is 1. The molecule has 3 aromatic rings. The highest BCUT2D eigenvalue weighted by Crippen LogP contribution is 2.24. The van der Waals surface area contributed by atoms with Crippen molar-refractivity contribution in [1.29, 1.82) is 0 Å². The van der Waals surface area contributed by atoms with Gasteiger partial charge in [-0.25, -0.2) is 0 Å². The summed E-state index contributed by atoms with van der Waals surface area (Å²) in [5, 5.41) is 11.7. The highest BCUT2D eigenvalue weighted by molar-refractivity contribution is 7.99. The number of benzene rings is 2. The second kappa shape index (κ2) is 9.59. The predicted molar refractivity (Wildman–Crippen MR) is 107 cm³/mol. The van der Waals surface area contributed by atoms with Gasteiger partial charge in [-0.2, -0.15) is 0 Å². The molecule has 1 amide bonds. The molecule has 1 aromatic heterocycles. The number of esters is 1. The highest BCUT2D eigenvalue weighted by atomic mass is 35.5. The van der Waals surface area contributed by atoms with Crippen molar-refractivity contribution in [2.24, 2.45) is 0 Å². The number of amides is 1. The lowest BCUT2D eigenvalue weighted by molar-refractivity contribution is -0.144. The molecule has 0 radical (unpaired) electrons. The number of aromatic nitrogens is 2. The number of nitrogens with one attached hydrogen (secondary N) is 1. The molecule has 0 saturated heterocycles. The summed E-state index contributed by atoms with van der Waals surface area (Å²) >= 11 is 12.6. The molecule has 28 heavy (non-hydrogen) atoms. The third kappa shape index (κ3) is 5.98. The maximum atomic E-state index is 11.8. The fourth-order valence-electron chi connectivity index (χ4n) is 2.02. The highest BCUT2D eigenvalue weighted by Gasteiger charge is 2.13. The smallest absolute Gasteiger partial charge is 0.316 e. The Morgan fingerprint density at radius 2 is 1.64 bits per heavy atom. The molecule has 0 aliphatic heterocycles. The number of anilines is 1. The minimum atomic E-state index is -0.581. The molecule has 7 nitrogen and oxygen atoms in total. The fraction of sp³-hybridized carbons (Fsp3) is 0.111. The zero-order chi connectivity index (χ0) is 19.9. The van der Waals surface area contributed by atoms with Crippen molar-refractivity contribution in [3.63, 3.8) is 0 Å². The lowest BCUT2D eigenvalue weighted by Gasteiger charge is -2.06. The van der Waals surface area contributed by atoms with Gasteiger partial charge in [0.25, 0.3) is 11.1 Å². The van der Waals surface area contributed by atoms with Crippen LogP contribution in [0, 0.1) is 0 Å². The summed E-state index contributed by atoms with van der Waals surface area (Å²) in [6, 6.07) is 13.5. The summed E-state index contributed by atoms with van der Waals surface area (Å²) in [6.45, 7) is -0.401. The minimum absolute atomic E-state index is 0.0729. The normalized spacial score (nSPS) is 10.5. The van der Waals surface area contributed by atoms with Crippen LogP contribution in [0.25, 0.3) is 11.5 Å². The molecule has 0 unspecified atom stereocenters. The second-order valence-electron chi connectivity index (χ2n) is 5.38. The van der Waals surface area contributed by atoms with Crippen LogP contribution in [0.1, 0.15) is 0 Å². The molecule has 0 aliphatic rings. The van der Waals surface area contributed by atoms with E-state index in [1.165, 1.54) is 0 Å². The Morgan fingerprint density at radius 1 is 1.00 bits per heavy atom. The Hall–Kier alpha value is -2.55. The van der Waals surface area contributed by atoms with E-state index in [-0.39, 0.29) is 11.0 Å². The SMILES string of the molecule is O=C(COC(=O)CSc1nnc(-c2ccc(Cl)cc2)o1)Nc1ccc(Cl)cc1. The van der Waals surface area contributed by atoms with Gasteiger partial charge in [-0.05, 0) is 48.5 Å². The maximum Gasteiger partial charge on any atom is 0.316 e. The van der Waals surface area contributed by atoms with Gasteiger partial charge in [0.15, 0.2) is 6.61 Å². The van der Waals surface area contributed by atoms with E-state index >= 15 is 0 Å². The standard InChI is InChI=1S/C18H13Cl2N3O4S/c19-12-3-1-11(2-4-12)17-22-23-18(27-17)28-10-16(25)26-9-15(24)21-14-7-5-13(20)6-8-14/h1-8H,9-10H2,(H,21,24). The Bertz CT molecular complexity index is 962. The van der Waals surface area contributed by atoms with Gasteiger partial charge in [0, 0.05) is 21.3 Å². The van der Waals surface area contributed by atoms with Crippen LogP contribution in [0.3, 0.4) is 0 Å². The van der Waals surface area contributed by atoms with Crippen LogP contribution in [0.2, 0.25) is 10.0 Å². The quantitative estimate of drug-likeness (QED) is 0.434. The van der Waals surface area contributed by atoms with Gasteiger partial charge in [0.2, 0.25) is 5.89 Å². The zero-order valence-electron chi connectivity index (χ0n) is 14.2. The number of nitrogens with zero attached hydrogens (tertiary/aromatic N) is 2. The fourth-order valence-corrected chi connectivity index (χ4v) is 2.83. The molecule has 0 atom stereocenters. The molecule has 2 aromatic carbocycles. The number of rotatable bonds is 7. The van der Waals surface area contributed by atoms with E-state index in [1.807, 2.05) is 0 Å². The maximum absolute atomic E-state index is 11.8. The van der Waals surface area contributed by atoms with Crippen LogP contribution in [-0.2, 0) is 14.3 Å². The molecular formula is C18H13Cl2N3O4S. The van der Waals surface area contributed by atoms with E-state index < -0.39 is 18.5 Å². The summed E-state index contributed by atoms with van der Waals surface area (Å²) < 4.78 is 10.4. The summed E-state index contributed by atoms with van der Waals surface area (Å²) in [5.74, 6) is -0.794. The lowest BCUT2D eigenvalue weighted by atomic mass is 10.2. The first-order valence-electron chi connectivity index (χ1n) is 7.93. The molecule has 0 spiro atoms. The first-order valence-corrected chi connectivity index (χ1v) is 9.67. The molecule has 1 heterocycles. The number of ether oxygens (including phenoxy) is 1. The molecule has 1 N–H and O–H groups in total. The van der Waals surface area contributed by atoms with Crippen LogP contribution < -0.4 is 5.32 Å². The molecule has 10 heteroatoms. The van der Waals surface area contributed by atoms with Gasteiger partial charge < -0.3 is 14.5 Å². The largest absolute Gasteiger partial charge is 0.455 e. The van der Waals surface area contributed by atoms with Crippen molar-refractivity contribution in [2.45, 2.75) is 5.22 Å². The van der Waals surface area contributed by atoms with Crippen LogP contribution in [0.4, 0.5) is 5.69 Å². The molecule has 144 valence electrons. The Balaban J connectivity index is 1.42. The topological polar surface area (TPSA) is 94.3 Å². The van der Waals surface area contributed by atoms with Crippen LogP contribution in [0.15, 0.2) is 58.2 Å². The van der Waals surface area contributed by atoms with E-state index in [0.29, 0.717) is 27.2 Å². The number of halogens is 2. The Kier molecular flexibility index (Phi) is 6.91. The van der Waals surface area contributed by atoms with E-state index in [0.717, 1.165) is 11.8 Å². The van der Waals surface area contributed by atoms with Crippen molar-refractivity contribution in [3.05, 3.63) is 58.6 Å². The zero-order valence-corrected chi connectivity index (χ0v) is 16.6. The van der Waals surface area contributed by atoms with Gasteiger partial charge >= 0.3 is 5.97 Å². The number of thioether (sulfide) groups is 1. The van der Waals surface area contributed by atoms with E-state index in [4.69, 9.17) is 32.4 Å². The minimum Gasteiger partial charge on any atom is -0.455 e. The molecule has 0 fully saturated rings. The average molecular weight is 438 g/mol. The molecular weight excluding hydrogens is 425 g/mol. The Labute approximate surface area is 174 Å². The van der Waals surface area contributed by atoms with Gasteiger partial charge in [-0.3, -0.25) is 9.59 Å². The van der Waals surface area contributed by atoms with Crippen molar-refractivity contribution in [3.8, 4) is 11.5 Å².